The largest absolute Gasteiger partial charge is 0.293 e. The number of halogens is 2. The van der Waals surface area contributed by atoms with Gasteiger partial charge in [0.05, 0.1) is 12.7 Å². The summed E-state index contributed by atoms with van der Waals surface area (Å²) in [5.74, 6) is 0.262. The molecule has 2 rings (SSSR count). The highest BCUT2D eigenvalue weighted by Crippen LogP contribution is 2.14. The summed E-state index contributed by atoms with van der Waals surface area (Å²) in [4.78, 5) is 7.81. The van der Waals surface area contributed by atoms with Crippen molar-refractivity contribution < 1.29 is 8.78 Å². The highest BCUT2D eigenvalue weighted by atomic mass is 32.1. The van der Waals surface area contributed by atoms with E-state index in [4.69, 9.17) is 12.2 Å². The van der Waals surface area contributed by atoms with Gasteiger partial charge in [0, 0.05) is 12.4 Å². The van der Waals surface area contributed by atoms with Crippen molar-refractivity contribution in [1.82, 2.24) is 24.7 Å². The van der Waals surface area contributed by atoms with E-state index in [2.05, 4.69) is 20.2 Å². The van der Waals surface area contributed by atoms with Crippen LogP contribution in [-0.4, -0.2) is 31.2 Å². The number of aromatic amines is 1. The third kappa shape index (κ3) is 2.11. The normalized spacial score (nSPS) is 10.9. The maximum atomic E-state index is 12.3. The smallest absolute Gasteiger partial charge is 0.256 e. The molecule has 5 nitrogen and oxygen atoms in total. The SMILES string of the molecule is FC(F)Cn1c(-c2cnccn2)n[nH]c1=S. The molecule has 0 aliphatic heterocycles. The molecule has 0 atom stereocenters. The molecule has 2 aromatic rings. The molecule has 8 heteroatoms. The van der Waals surface area contributed by atoms with Crippen LogP contribution >= 0.6 is 12.2 Å². The van der Waals surface area contributed by atoms with Crippen molar-refractivity contribution >= 4 is 12.2 Å². The van der Waals surface area contributed by atoms with Gasteiger partial charge in [0.15, 0.2) is 10.6 Å². The zero-order chi connectivity index (χ0) is 11.5. The van der Waals surface area contributed by atoms with Crippen LogP contribution in [0.3, 0.4) is 0 Å². The van der Waals surface area contributed by atoms with Crippen molar-refractivity contribution in [3.05, 3.63) is 23.4 Å². The number of nitrogens with zero attached hydrogens (tertiary/aromatic N) is 4. The Morgan fingerprint density at radius 1 is 1.44 bits per heavy atom. The first-order chi connectivity index (χ1) is 7.68. The van der Waals surface area contributed by atoms with E-state index in [0.717, 1.165) is 0 Å². The number of nitrogens with one attached hydrogen (secondary N) is 1. The minimum absolute atomic E-state index is 0.140. The second-order valence-electron chi connectivity index (χ2n) is 2.94. The summed E-state index contributed by atoms with van der Waals surface area (Å²) in [5.41, 5.74) is 0.399. The lowest BCUT2D eigenvalue weighted by atomic mass is 10.4. The maximum Gasteiger partial charge on any atom is 0.256 e. The Kier molecular flexibility index (Phi) is 3.00. The summed E-state index contributed by atoms with van der Waals surface area (Å²) >= 11 is 4.85. The Labute approximate surface area is 94.2 Å². The Morgan fingerprint density at radius 2 is 2.25 bits per heavy atom. The monoisotopic (exact) mass is 243 g/mol. The molecule has 0 unspecified atom stereocenters. The first-order valence-corrected chi connectivity index (χ1v) is 4.79. The molecule has 0 radical (unpaired) electrons. The van der Waals surface area contributed by atoms with Crippen LogP contribution in [0, 0.1) is 4.77 Å². The second kappa shape index (κ2) is 4.44. The fourth-order valence-corrected chi connectivity index (χ4v) is 1.44. The van der Waals surface area contributed by atoms with Gasteiger partial charge >= 0.3 is 0 Å². The average molecular weight is 243 g/mol. The lowest BCUT2D eigenvalue weighted by Gasteiger charge is -2.04. The van der Waals surface area contributed by atoms with Crippen LogP contribution in [0.25, 0.3) is 11.5 Å². The molecule has 0 aromatic carbocycles. The fourth-order valence-electron chi connectivity index (χ4n) is 1.24. The standard InChI is InChI=1S/C8H7F2N5S/c9-6(10)4-15-7(13-14-8(15)16)5-3-11-1-2-12-5/h1-3,6H,4H2,(H,14,16). The lowest BCUT2D eigenvalue weighted by molar-refractivity contribution is 0.126. The van der Waals surface area contributed by atoms with Gasteiger partial charge in [-0.25, -0.2) is 13.8 Å². The van der Waals surface area contributed by atoms with Gasteiger partial charge in [-0.15, -0.1) is 0 Å². The van der Waals surface area contributed by atoms with Crippen molar-refractivity contribution in [2.45, 2.75) is 13.0 Å². The van der Waals surface area contributed by atoms with Gasteiger partial charge in [0.2, 0.25) is 0 Å². The molecule has 0 fully saturated rings. The van der Waals surface area contributed by atoms with E-state index in [9.17, 15) is 8.78 Å². The van der Waals surface area contributed by atoms with Gasteiger partial charge < -0.3 is 0 Å². The van der Waals surface area contributed by atoms with Gasteiger partial charge in [-0.2, -0.15) is 5.10 Å². The van der Waals surface area contributed by atoms with Crippen molar-refractivity contribution in [2.24, 2.45) is 0 Å². The molecule has 0 aliphatic rings. The first kappa shape index (κ1) is 10.8. The van der Waals surface area contributed by atoms with Crippen molar-refractivity contribution in [3.8, 4) is 11.5 Å². The van der Waals surface area contributed by atoms with E-state index in [1.165, 1.54) is 23.2 Å². The summed E-state index contributed by atoms with van der Waals surface area (Å²) in [5, 5.41) is 6.30. The molecule has 2 aromatic heterocycles. The predicted octanol–water partition coefficient (Wildman–Crippen LogP) is 1.66. The van der Waals surface area contributed by atoms with Crippen LogP contribution in [0.4, 0.5) is 8.78 Å². The molecule has 1 N–H and O–H groups in total. The molecule has 0 bridgehead atoms. The Bertz CT molecular complexity index is 521. The van der Waals surface area contributed by atoms with Gasteiger partial charge in [0.1, 0.15) is 5.69 Å². The topological polar surface area (TPSA) is 59.4 Å². The van der Waals surface area contributed by atoms with Crippen LogP contribution in [0.1, 0.15) is 0 Å². The van der Waals surface area contributed by atoms with E-state index in [0.29, 0.717) is 5.69 Å². The summed E-state index contributed by atoms with van der Waals surface area (Å²) in [6, 6.07) is 0. The van der Waals surface area contributed by atoms with Crippen LogP contribution in [0.2, 0.25) is 0 Å². The summed E-state index contributed by atoms with van der Waals surface area (Å²) in [7, 11) is 0. The highest BCUT2D eigenvalue weighted by molar-refractivity contribution is 7.71. The number of H-pyrrole nitrogens is 1. The van der Waals surface area contributed by atoms with Gasteiger partial charge in [-0.1, -0.05) is 0 Å². The molecule has 0 saturated heterocycles. The molecular weight excluding hydrogens is 236 g/mol. The number of aromatic nitrogens is 5. The highest BCUT2D eigenvalue weighted by Gasteiger charge is 2.13. The molecule has 0 spiro atoms. The lowest BCUT2D eigenvalue weighted by Crippen LogP contribution is -2.08. The Morgan fingerprint density at radius 3 is 2.88 bits per heavy atom. The number of hydrogen-bond donors (Lipinski definition) is 1. The summed E-state index contributed by atoms with van der Waals surface area (Å²) < 4.78 is 26.0. The average Bonchev–Trinajstić information content (AvgIpc) is 2.61. The zero-order valence-corrected chi connectivity index (χ0v) is 8.79. The third-order valence-corrected chi connectivity index (χ3v) is 2.18. The van der Waals surface area contributed by atoms with Crippen LogP contribution in [-0.2, 0) is 6.54 Å². The fraction of sp³-hybridized carbons (Fsp3) is 0.250. The second-order valence-corrected chi connectivity index (χ2v) is 3.33. The molecule has 2 heterocycles. The van der Waals surface area contributed by atoms with Crippen LogP contribution in [0.5, 0.6) is 0 Å². The first-order valence-electron chi connectivity index (χ1n) is 4.38. The van der Waals surface area contributed by atoms with E-state index in [1.54, 1.807) is 0 Å². The van der Waals surface area contributed by atoms with Crippen molar-refractivity contribution in [3.63, 3.8) is 0 Å². The summed E-state index contributed by atoms with van der Waals surface area (Å²) in [6.45, 7) is -0.513. The molecule has 84 valence electrons. The van der Waals surface area contributed by atoms with Gasteiger partial charge in [-0.3, -0.25) is 14.6 Å². The van der Waals surface area contributed by atoms with Gasteiger partial charge in [-0.05, 0) is 12.2 Å². The van der Waals surface area contributed by atoms with E-state index in [-0.39, 0.29) is 10.6 Å². The van der Waals surface area contributed by atoms with E-state index >= 15 is 0 Å². The number of alkyl halides is 2. The van der Waals surface area contributed by atoms with E-state index in [1.807, 2.05) is 0 Å². The van der Waals surface area contributed by atoms with Crippen LogP contribution in [0.15, 0.2) is 18.6 Å². The van der Waals surface area contributed by atoms with Crippen molar-refractivity contribution in [2.75, 3.05) is 0 Å². The summed E-state index contributed by atoms with van der Waals surface area (Å²) in [6.07, 6.45) is 1.88. The minimum Gasteiger partial charge on any atom is -0.293 e. The van der Waals surface area contributed by atoms with Crippen molar-refractivity contribution in [1.29, 1.82) is 0 Å². The molecular formula is C8H7F2N5S. The quantitative estimate of drug-likeness (QED) is 0.833. The zero-order valence-electron chi connectivity index (χ0n) is 7.97. The van der Waals surface area contributed by atoms with E-state index < -0.39 is 13.0 Å². The molecule has 0 amide bonds. The molecule has 16 heavy (non-hydrogen) atoms. The minimum atomic E-state index is -2.50. The third-order valence-electron chi connectivity index (χ3n) is 1.87. The predicted molar refractivity (Wildman–Crippen MR) is 54.4 cm³/mol. The van der Waals surface area contributed by atoms with Gasteiger partial charge in [0.25, 0.3) is 6.43 Å². The van der Waals surface area contributed by atoms with Crippen LogP contribution < -0.4 is 0 Å². The number of rotatable bonds is 3. The molecule has 0 saturated carbocycles. The number of hydrogen-bond acceptors (Lipinski definition) is 4. The molecule has 0 aliphatic carbocycles. The Hall–Kier alpha value is -1.70. The Balaban J connectivity index is 2.46. The maximum absolute atomic E-state index is 12.3.